The van der Waals surface area contributed by atoms with Crippen molar-refractivity contribution in [3.05, 3.63) is 35.6 Å². The van der Waals surface area contributed by atoms with Gasteiger partial charge < -0.3 is 10.2 Å². The summed E-state index contributed by atoms with van der Waals surface area (Å²) in [4.78, 5) is 0. The van der Waals surface area contributed by atoms with Gasteiger partial charge in [-0.25, -0.2) is 4.39 Å². The molecule has 0 aromatic heterocycles. The van der Waals surface area contributed by atoms with Crippen molar-refractivity contribution in [2.45, 2.75) is 51.8 Å². The number of aliphatic hydroxyl groups is 2. The van der Waals surface area contributed by atoms with Gasteiger partial charge in [0.05, 0.1) is 6.10 Å². The van der Waals surface area contributed by atoms with E-state index >= 15 is 0 Å². The van der Waals surface area contributed by atoms with Crippen LogP contribution in [0.2, 0.25) is 0 Å². The predicted octanol–water partition coefficient (Wildman–Crippen LogP) is 4.09. The SMILES string of the molecule is C[C@]12C=CC(O)=CC1=CC[C@@H]1[C@H]2CC[C@]2(C)C(O)C(F)C[C@@H]12. The Labute approximate surface area is 131 Å². The molecule has 22 heavy (non-hydrogen) atoms. The number of rotatable bonds is 0. The molecule has 2 unspecified atom stereocenters. The van der Waals surface area contributed by atoms with E-state index in [1.165, 1.54) is 5.57 Å². The van der Waals surface area contributed by atoms with E-state index < -0.39 is 12.3 Å². The first-order valence-corrected chi connectivity index (χ1v) is 8.49. The Hall–Kier alpha value is -1.09. The van der Waals surface area contributed by atoms with Crippen LogP contribution >= 0.6 is 0 Å². The van der Waals surface area contributed by atoms with Gasteiger partial charge in [0.25, 0.3) is 0 Å². The molecule has 0 spiro atoms. The van der Waals surface area contributed by atoms with E-state index in [2.05, 4.69) is 26.0 Å². The number of fused-ring (bicyclic) bond motifs is 5. The first kappa shape index (κ1) is 14.5. The number of aliphatic hydroxyl groups excluding tert-OH is 2. The molecule has 0 radical (unpaired) electrons. The Morgan fingerprint density at radius 1 is 1.27 bits per heavy atom. The maximum Gasteiger partial charge on any atom is 0.127 e. The van der Waals surface area contributed by atoms with Gasteiger partial charge in [0.2, 0.25) is 0 Å². The molecule has 0 aromatic carbocycles. The van der Waals surface area contributed by atoms with Crippen LogP contribution in [-0.2, 0) is 0 Å². The van der Waals surface area contributed by atoms with Gasteiger partial charge in [0.15, 0.2) is 0 Å². The van der Waals surface area contributed by atoms with Crippen molar-refractivity contribution in [1.82, 2.24) is 0 Å². The fourth-order valence-electron chi connectivity index (χ4n) is 5.90. The summed E-state index contributed by atoms with van der Waals surface area (Å²) in [6.45, 7) is 4.33. The summed E-state index contributed by atoms with van der Waals surface area (Å²) >= 11 is 0. The summed E-state index contributed by atoms with van der Waals surface area (Å²) in [7, 11) is 0. The molecule has 2 nitrogen and oxygen atoms in total. The van der Waals surface area contributed by atoms with E-state index in [1.807, 2.05) is 6.08 Å². The Kier molecular flexibility index (Phi) is 2.95. The third kappa shape index (κ3) is 1.69. The van der Waals surface area contributed by atoms with Crippen molar-refractivity contribution in [3.8, 4) is 0 Å². The van der Waals surface area contributed by atoms with Crippen molar-refractivity contribution in [3.63, 3.8) is 0 Å². The molecule has 4 rings (SSSR count). The lowest BCUT2D eigenvalue weighted by atomic mass is 9.49. The number of halogens is 1. The molecule has 7 atom stereocenters. The van der Waals surface area contributed by atoms with E-state index in [9.17, 15) is 14.6 Å². The highest BCUT2D eigenvalue weighted by atomic mass is 19.1. The minimum atomic E-state index is -1.07. The van der Waals surface area contributed by atoms with Crippen LogP contribution in [0.5, 0.6) is 0 Å². The maximum atomic E-state index is 14.2. The van der Waals surface area contributed by atoms with Crippen molar-refractivity contribution >= 4 is 0 Å². The smallest absolute Gasteiger partial charge is 0.127 e. The van der Waals surface area contributed by atoms with Gasteiger partial charge in [-0.15, -0.1) is 0 Å². The van der Waals surface area contributed by atoms with Gasteiger partial charge in [0.1, 0.15) is 11.9 Å². The monoisotopic (exact) mass is 304 g/mol. The highest BCUT2D eigenvalue weighted by Crippen LogP contribution is 2.63. The molecule has 0 saturated heterocycles. The van der Waals surface area contributed by atoms with Crippen LogP contribution in [-0.4, -0.2) is 22.5 Å². The molecular formula is C19H25FO2. The maximum absolute atomic E-state index is 14.2. The molecular weight excluding hydrogens is 279 g/mol. The summed E-state index contributed by atoms with van der Waals surface area (Å²) in [5, 5.41) is 20.1. The average molecular weight is 304 g/mol. The van der Waals surface area contributed by atoms with Crippen LogP contribution < -0.4 is 0 Å². The first-order valence-electron chi connectivity index (χ1n) is 8.49. The lowest BCUT2D eigenvalue weighted by molar-refractivity contribution is -0.0607. The van der Waals surface area contributed by atoms with Crippen LogP contribution in [0, 0.1) is 28.6 Å². The molecule has 4 aliphatic rings. The average Bonchev–Trinajstić information content (AvgIpc) is 2.72. The molecule has 120 valence electrons. The van der Waals surface area contributed by atoms with Crippen LogP contribution in [0.1, 0.15) is 39.5 Å². The van der Waals surface area contributed by atoms with Crippen molar-refractivity contribution < 1.29 is 14.6 Å². The summed E-state index contributed by atoms with van der Waals surface area (Å²) in [5.74, 6) is 1.49. The summed E-state index contributed by atoms with van der Waals surface area (Å²) in [5.41, 5.74) is 0.877. The topological polar surface area (TPSA) is 40.5 Å². The number of hydrogen-bond donors (Lipinski definition) is 2. The molecule has 0 aliphatic heterocycles. The summed E-state index contributed by atoms with van der Waals surface area (Å²) in [6.07, 6.45) is 9.52. The number of alkyl halides is 1. The molecule has 0 amide bonds. The zero-order chi connectivity index (χ0) is 15.7. The normalized spacial score (nSPS) is 53.2. The quantitative estimate of drug-likeness (QED) is 0.708. The van der Waals surface area contributed by atoms with Gasteiger partial charge in [-0.05, 0) is 66.6 Å². The Morgan fingerprint density at radius 3 is 2.82 bits per heavy atom. The minimum absolute atomic E-state index is 0.0597. The highest BCUT2D eigenvalue weighted by molar-refractivity contribution is 5.43. The van der Waals surface area contributed by atoms with Crippen LogP contribution in [0.4, 0.5) is 4.39 Å². The fourth-order valence-corrected chi connectivity index (χ4v) is 5.90. The van der Waals surface area contributed by atoms with Gasteiger partial charge in [-0.2, -0.15) is 0 Å². The largest absolute Gasteiger partial charge is 0.508 e. The lowest BCUT2D eigenvalue weighted by Crippen LogP contribution is -2.49. The van der Waals surface area contributed by atoms with E-state index in [0.717, 1.165) is 19.3 Å². The van der Waals surface area contributed by atoms with Crippen LogP contribution in [0.3, 0.4) is 0 Å². The van der Waals surface area contributed by atoms with Gasteiger partial charge in [0, 0.05) is 5.41 Å². The zero-order valence-electron chi connectivity index (χ0n) is 13.3. The fraction of sp³-hybridized carbons (Fsp3) is 0.684. The third-order valence-electron chi connectivity index (χ3n) is 7.28. The second-order valence-corrected chi connectivity index (χ2v) is 8.20. The number of hydrogen-bond acceptors (Lipinski definition) is 2. The molecule has 3 heteroatoms. The van der Waals surface area contributed by atoms with E-state index in [-0.39, 0.29) is 16.7 Å². The van der Waals surface area contributed by atoms with Crippen molar-refractivity contribution in [2.24, 2.45) is 28.6 Å². The van der Waals surface area contributed by atoms with Crippen molar-refractivity contribution in [1.29, 1.82) is 0 Å². The van der Waals surface area contributed by atoms with E-state index in [4.69, 9.17) is 0 Å². The molecule has 0 bridgehead atoms. The minimum Gasteiger partial charge on any atom is -0.508 e. The molecule has 4 aliphatic carbocycles. The molecule has 2 N–H and O–H groups in total. The summed E-state index contributed by atoms with van der Waals surface area (Å²) in [6, 6.07) is 0. The van der Waals surface area contributed by atoms with Gasteiger partial charge in [-0.1, -0.05) is 26.0 Å². The van der Waals surface area contributed by atoms with Crippen molar-refractivity contribution in [2.75, 3.05) is 0 Å². The summed E-state index contributed by atoms with van der Waals surface area (Å²) < 4.78 is 14.2. The standard InChI is InChI=1S/C19H25FO2/c1-18-7-5-12(21)9-11(18)3-4-13-14(18)6-8-19(2)15(13)10-16(20)17(19)22/h3,5,7,9,13-17,21-22H,4,6,8,10H2,1-2H3/t13-,14-,15+,16?,17?,18+,19+/m1/s1. The second kappa shape index (κ2) is 4.47. The Morgan fingerprint density at radius 2 is 2.05 bits per heavy atom. The Balaban J connectivity index is 1.73. The van der Waals surface area contributed by atoms with Crippen LogP contribution in [0.25, 0.3) is 0 Å². The third-order valence-corrected chi connectivity index (χ3v) is 7.28. The van der Waals surface area contributed by atoms with Gasteiger partial charge in [-0.3, -0.25) is 0 Å². The molecule has 0 aromatic rings. The van der Waals surface area contributed by atoms with E-state index in [1.54, 1.807) is 6.08 Å². The highest BCUT2D eigenvalue weighted by Gasteiger charge is 2.60. The zero-order valence-corrected chi connectivity index (χ0v) is 13.3. The van der Waals surface area contributed by atoms with Crippen LogP contribution in [0.15, 0.2) is 35.6 Å². The molecule has 0 heterocycles. The molecule has 2 saturated carbocycles. The predicted molar refractivity (Wildman–Crippen MR) is 84.0 cm³/mol. The lowest BCUT2D eigenvalue weighted by Gasteiger charge is -2.55. The second-order valence-electron chi connectivity index (χ2n) is 8.20. The Bertz CT molecular complexity index is 592. The van der Waals surface area contributed by atoms with E-state index in [0.29, 0.717) is 24.0 Å². The number of allylic oxidation sites excluding steroid dienone is 5. The van der Waals surface area contributed by atoms with Gasteiger partial charge >= 0.3 is 0 Å². The first-order chi connectivity index (χ1) is 10.4. The molecule has 2 fully saturated rings.